The van der Waals surface area contributed by atoms with E-state index in [0.717, 1.165) is 30.6 Å². The average Bonchev–Trinajstić information content (AvgIpc) is 2.57. The Morgan fingerprint density at radius 1 is 1.33 bits per heavy atom. The van der Waals surface area contributed by atoms with Gasteiger partial charge in [-0.2, -0.15) is 0 Å². The van der Waals surface area contributed by atoms with Crippen molar-refractivity contribution in [3.05, 3.63) is 41.5 Å². The number of hydrogen-bond donors (Lipinski definition) is 1. The predicted octanol–water partition coefficient (Wildman–Crippen LogP) is 2.55. The van der Waals surface area contributed by atoms with E-state index in [-0.39, 0.29) is 11.3 Å². The molecule has 3 rings (SSSR count). The number of nitrogens with two attached hydrogens (primary N) is 1. The predicted molar refractivity (Wildman–Crippen MR) is 69.7 cm³/mol. The topological polar surface area (TPSA) is 52.3 Å². The molecule has 0 fully saturated rings. The molecule has 3 heteroatoms. The molecule has 1 aliphatic carbocycles. The molecule has 0 bridgehead atoms. The van der Waals surface area contributed by atoms with Crippen molar-refractivity contribution in [1.82, 2.24) is 0 Å². The van der Waals surface area contributed by atoms with Crippen LogP contribution in [0.4, 0.5) is 0 Å². The summed E-state index contributed by atoms with van der Waals surface area (Å²) in [5.41, 5.74) is 6.96. The first-order chi connectivity index (χ1) is 8.73. The molecule has 2 aliphatic rings. The Labute approximate surface area is 107 Å². The van der Waals surface area contributed by atoms with Gasteiger partial charge in [0.15, 0.2) is 0 Å². The van der Waals surface area contributed by atoms with Crippen LogP contribution in [0.25, 0.3) is 0 Å². The third-order valence-corrected chi connectivity index (χ3v) is 3.96. The first kappa shape index (κ1) is 11.3. The molecular formula is C15H17NO2. The molecule has 1 heterocycles. The maximum atomic E-state index is 11.6. The zero-order valence-corrected chi connectivity index (χ0v) is 10.3. The summed E-state index contributed by atoms with van der Waals surface area (Å²) < 4.78 is 5.78. The lowest BCUT2D eigenvalue weighted by Crippen LogP contribution is -2.28. The molecule has 2 N–H and O–H groups in total. The van der Waals surface area contributed by atoms with E-state index in [1.54, 1.807) is 6.07 Å². The number of ether oxygens (including phenoxy) is 1. The second kappa shape index (κ2) is 4.16. The molecule has 1 aromatic rings. The summed E-state index contributed by atoms with van der Waals surface area (Å²) in [6.45, 7) is 0.628. The standard InChI is InChI=1S/C15H17NO2/c16-14(17)11-6-5-7-12-13(11)15(10-18-12)8-3-1-2-4-9-15/h3,5-8H,1-2,4,9-10H2,(H2,16,17). The molecule has 1 aromatic carbocycles. The van der Waals surface area contributed by atoms with Crippen LogP contribution in [-0.2, 0) is 5.41 Å². The van der Waals surface area contributed by atoms with Gasteiger partial charge in [0.05, 0.1) is 5.41 Å². The number of carbonyl (C=O) groups is 1. The van der Waals surface area contributed by atoms with Crippen molar-refractivity contribution in [3.63, 3.8) is 0 Å². The Bertz CT molecular complexity index is 521. The summed E-state index contributed by atoms with van der Waals surface area (Å²) >= 11 is 0. The quantitative estimate of drug-likeness (QED) is 0.771. The van der Waals surface area contributed by atoms with Gasteiger partial charge in [0, 0.05) is 11.1 Å². The molecule has 0 aromatic heterocycles. The molecule has 1 unspecified atom stereocenters. The highest BCUT2D eigenvalue weighted by atomic mass is 16.5. The van der Waals surface area contributed by atoms with Gasteiger partial charge in [0.25, 0.3) is 0 Å². The smallest absolute Gasteiger partial charge is 0.249 e. The Morgan fingerprint density at radius 2 is 2.22 bits per heavy atom. The van der Waals surface area contributed by atoms with Gasteiger partial charge in [-0.15, -0.1) is 0 Å². The number of rotatable bonds is 1. The van der Waals surface area contributed by atoms with Crippen LogP contribution in [0.3, 0.4) is 0 Å². The molecule has 0 saturated heterocycles. The van der Waals surface area contributed by atoms with E-state index >= 15 is 0 Å². The Hall–Kier alpha value is -1.77. The minimum atomic E-state index is -0.366. The maximum absolute atomic E-state index is 11.6. The number of primary amides is 1. The van der Waals surface area contributed by atoms with E-state index in [9.17, 15) is 4.79 Å². The number of carbonyl (C=O) groups excluding carboxylic acids is 1. The number of amides is 1. The molecule has 0 saturated carbocycles. The molecular weight excluding hydrogens is 226 g/mol. The molecule has 3 nitrogen and oxygen atoms in total. The fraction of sp³-hybridized carbons (Fsp3) is 0.400. The summed E-state index contributed by atoms with van der Waals surface area (Å²) in [6.07, 6.45) is 8.92. The van der Waals surface area contributed by atoms with E-state index in [2.05, 4.69) is 12.2 Å². The van der Waals surface area contributed by atoms with E-state index in [1.807, 2.05) is 12.1 Å². The van der Waals surface area contributed by atoms with Gasteiger partial charge < -0.3 is 10.5 Å². The van der Waals surface area contributed by atoms with E-state index in [1.165, 1.54) is 6.42 Å². The molecule has 94 valence electrons. The summed E-state index contributed by atoms with van der Waals surface area (Å²) in [5.74, 6) is 0.451. The fourth-order valence-corrected chi connectivity index (χ4v) is 3.07. The minimum absolute atomic E-state index is 0.141. The van der Waals surface area contributed by atoms with Gasteiger partial charge in [0.1, 0.15) is 12.4 Å². The second-order valence-corrected chi connectivity index (χ2v) is 5.14. The molecule has 0 radical (unpaired) electrons. The van der Waals surface area contributed by atoms with Crippen molar-refractivity contribution in [3.8, 4) is 5.75 Å². The highest BCUT2D eigenvalue weighted by molar-refractivity contribution is 5.96. The Balaban J connectivity index is 2.17. The summed E-state index contributed by atoms with van der Waals surface area (Å²) in [6, 6.07) is 5.56. The largest absolute Gasteiger partial charge is 0.492 e. The molecule has 18 heavy (non-hydrogen) atoms. The first-order valence-corrected chi connectivity index (χ1v) is 6.47. The van der Waals surface area contributed by atoms with Crippen molar-refractivity contribution in [2.45, 2.75) is 31.1 Å². The first-order valence-electron chi connectivity index (χ1n) is 6.47. The lowest BCUT2D eigenvalue weighted by molar-refractivity contribution is 0.0998. The zero-order valence-electron chi connectivity index (χ0n) is 10.3. The van der Waals surface area contributed by atoms with Gasteiger partial charge in [0.2, 0.25) is 5.91 Å². The highest BCUT2D eigenvalue weighted by Crippen LogP contribution is 2.46. The molecule has 1 atom stereocenters. The van der Waals surface area contributed by atoms with Gasteiger partial charge in [-0.1, -0.05) is 24.6 Å². The fourth-order valence-electron chi connectivity index (χ4n) is 3.07. The van der Waals surface area contributed by atoms with Gasteiger partial charge in [-0.25, -0.2) is 0 Å². The van der Waals surface area contributed by atoms with E-state index < -0.39 is 0 Å². The van der Waals surface area contributed by atoms with Crippen molar-refractivity contribution in [2.75, 3.05) is 6.61 Å². The second-order valence-electron chi connectivity index (χ2n) is 5.14. The summed E-state index contributed by atoms with van der Waals surface area (Å²) in [5, 5.41) is 0. The monoisotopic (exact) mass is 243 g/mol. The molecule has 1 amide bonds. The molecule has 1 spiro atoms. The van der Waals surface area contributed by atoms with E-state index in [4.69, 9.17) is 10.5 Å². The highest BCUT2D eigenvalue weighted by Gasteiger charge is 2.41. The number of benzene rings is 1. The van der Waals surface area contributed by atoms with Crippen molar-refractivity contribution in [2.24, 2.45) is 5.73 Å². The maximum Gasteiger partial charge on any atom is 0.249 e. The minimum Gasteiger partial charge on any atom is -0.492 e. The van der Waals surface area contributed by atoms with Crippen LogP contribution in [0.1, 0.15) is 41.6 Å². The zero-order chi connectivity index (χ0) is 12.6. The number of fused-ring (bicyclic) bond motifs is 2. The van der Waals surface area contributed by atoms with Crippen LogP contribution in [0.5, 0.6) is 5.75 Å². The van der Waals surface area contributed by atoms with Gasteiger partial charge in [-0.3, -0.25) is 4.79 Å². The van der Waals surface area contributed by atoms with Crippen LogP contribution in [0.2, 0.25) is 0 Å². The van der Waals surface area contributed by atoms with Crippen LogP contribution < -0.4 is 10.5 Å². The molecule has 1 aliphatic heterocycles. The van der Waals surface area contributed by atoms with Gasteiger partial charge in [-0.05, 0) is 31.4 Å². The Morgan fingerprint density at radius 3 is 3.06 bits per heavy atom. The SMILES string of the molecule is NC(=O)c1cccc2c1C1(C=CCCCC1)CO2. The van der Waals surface area contributed by atoms with E-state index in [0.29, 0.717) is 12.2 Å². The van der Waals surface area contributed by atoms with Crippen molar-refractivity contribution in [1.29, 1.82) is 0 Å². The third kappa shape index (κ3) is 1.62. The number of allylic oxidation sites excluding steroid dienone is 1. The summed E-state index contributed by atoms with van der Waals surface area (Å²) in [4.78, 5) is 11.6. The average molecular weight is 243 g/mol. The Kier molecular flexibility index (Phi) is 2.62. The lowest BCUT2D eigenvalue weighted by Gasteiger charge is -2.24. The van der Waals surface area contributed by atoms with Crippen LogP contribution in [0, 0.1) is 0 Å². The summed E-state index contributed by atoms with van der Waals surface area (Å²) in [7, 11) is 0. The normalized spacial score (nSPS) is 25.6. The number of hydrogen-bond acceptors (Lipinski definition) is 2. The van der Waals surface area contributed by atoms with Crippen LogP contribution in [-0.4, -0.2) is 12.5 Å². The van der Waals surface area contributed by atoms with Crippen LogP contribution in [0.15, 0.2) is 30.4 Å². The lowest BCUT2D eigenvalue weighted by atomic mass is 9.76. The third-order valence-electron chi connectivity index (χ3n) is 3.96. The van der Waals surface area contributed by atoms with Crippen molar-refractivity contribution < 1.29 is 9.53 Å². The van der Waals surface area contributed by atoms with Crippen LogP contribution >= 0.6 is 0 Å². The van der Waals surface area contributed by atoms with Crippen molar-refractivity contribution >= 4 is 5.91 Å². The van der Waals surface area contributed by atoms with Gasteiger partial charge >= 0.3 is 0 Å².